The molecule has 4 nitrogen and oxygen atoms in total. The Hall–Kier alpha value is -1.24. The van der Waals surface area contributed by atoms with E-state index in [4.69, 9.17) is 0 Å². The SMILES string of the molecule is COC(=O)CC(O)(C1=COCC1)C(F)(F)F. The van der Waals surface area contributed by atoms with Crippen LogP contribution in [0.1, 0.15) is 12.8 Å². The molecule has 0 saturated heterocycles. The Labute approximate surface area is 89.6 Å². The maximum absolute atomic E-state index is 12.7. The number of alkyl halides is 3. The topological polar surface area (TPSA) is 55.8 Å². The van der Waals surface area contributed by atoms with Gasteiger partial charge in [-0.25, -0.2) is 0 Å². The number of aliphatic hydroxyl groups is 1. The molecule has 0 fully saturated rings. The van der Waals surface area contributed by atoms with Crippen molar-refractivity contribution in [2.75, 3.05) is 13.7 Å². The van der Waals surface area contributed by atoms with E-state index in [1.165, 1.54) is 0 Å². The molecule has 0 spiro atoms. The highest BCUT2D eigenvalue weighted by atomic mass is 19.4. The number of ether oxygens (including phenoxy) is 2. The molecule has 0 amide bonds. The van der Waals surface area contributed by atoms with Gasteiger partial charge in [0.25, 0.3) is 0 Å². The first-order valence-corrected chi connectivity index (χ1v) is 4.48. The van der Waals surface area contributed by atoms with Gasteiger partial charge in [0.15, 0.2) is 5.60 Å². The van der Waals surface area contributed by atoms with Crippen LogP contribution in [0, 0.1) is 0 Å². The van der Waals surface area contributed by atoms with E-state index < -0.39 is 24.2 Å². The van der Waals surface area contributed by atoms with Crippen molar-refractivity contribution in [1.29, 1.82) is 0 Å². The van der Waals surface area contributed by atoms with Crippen LogP contribution in [0.25, 0.3) is 0 Å². The van der Waals surface area contributed by atoms with Gasteiger partial charge in [-0.1, -0.05) is 0 Å². The van der Waals surface area contributed by atoms with Crippen LogP contribution in [-0.4, -0.2) is 36.6 Å². The molecule has 16 heavy (non-hydrogen) atoms. The van der Waals surface area contributed by atoms with Crippen LogP contribution >= 0.6 is 0 Å². The molecule has 7 heteroatoms. The molecule has 1 rings (SSSR count). The molecule has 1 aliphatic heterocycles. The van der Waals surface area contributed by atoms with Gasteiger partial charge in [0.2, 0.25) is 0 Å². The monoisotopic (exact) mass is 240 g/mol. The Kier molecular flexibility index (Phi) is 3.47. The summed E-state index contributed by atoms with van der Waals surface area (Å²) in [6.07, 6.45) is -5.33. The lowest BCUT2D eigenvalue weighted by molar-refractivity contribution is -0.248. The van der Waals surface area contributed by atoms with Gasteiger partial charge in [0, 0.05) is 12.0 Å². The fourth-order valence-electron chi connectivity index (χ4n) is 1.37. The molecule has 0 aliphatic carbocycles. The van der Waals surface area contributed by atoms with Gasteiger partial charge in [-0.05, 0) is 0 Å². The summed E-state index contributed by atoms with van der Waals surface area (Å²) in [5, 5.41) is 9.57. The molecule has 1 N–H and O–H groups in total. The molecular formula is C9H11F3O4. The predicted octanol–water partition coefficient (Wildman–Crippen LogP) is 1.15. The van der Waals surface area contributed by atoms with Crippen LogP contribution in [-0.2, 0) is 14.3 Å². The lowest BCUT2D eigenvalue weighted by atomic mass is 9.89. The lowest BCUT2D eigenvalue weighted by Crippen LogP contribution is -2.48. The Morgan fingerprint density at radius 1 is 1.62 bits per heavy atom. The number of hydrogen-bond acceptors (Lipinski definition) is 4. The van der Waals surface area contributed by atoms with Crippen molar-refractivity contribution in [2.45, 2.75) is 24.6 Å². The van der Waals surface area contributed by atoms with Gasteiger partial charge in [-0.15, -0.1) is 0 Å². The summed E-state index contributed by atoms with van der Waals surface area (Å²) in [5.41, 5.74) is -3.55. The Balaban J connectivity index is 2.97. The third-order valence-corrected chi connectivity index (χ3v) is 2.34. The van der Waals surface area contributed by atoms with Crippen LogP contribution in [0.5, 0.6) is 0 Å². The summed E-state index contributed by atoms with van der Waals surface area (Å²) in [5.74, 6) is -1.13. The lowest BCUT2D eigenvalue weighted by Gasteiger charge is -2.29. The van der Waals surface area contributed by atoms with Crippen molar-refractivity contribution in [2.24, 2.45) is 0 Å². The number of rotatable bonds is 3. The van der Waals surface area contributed by atoms with Crippen LogP contribution in [0.3, 0.4) is 0 Å². The number of carbonyl (C=O) groups excluding carboxylic acids is 1. The summed E-state index contributed by atoms with van der Waals surface area (Å²) >= 11 is 0. The van der Waals surface area contributed by atoms with Crippen molar-refractivity contribution in [3.05, 3.63) is 11.8 Å². The largest absolute Gasteiger partial charge is 0.501 e. The quantitative estimate of drug-likeness (QED) is 0.752. The van der Waals surface area contributed by atoms with E-state index >= 15 is 0 Å². The molecule has 92 valence electrons. The average Bonchev–Trinajstić information content (AvgIpc) is 2.68. The first-order chi connectivity index (χ1) is 7.31. The Morgan fingerprint density at radius 3 is 2.62 bits per heavy atom. The van der Waals surface area contributed by atoms with E-state index in [2.05, 4.69) is 9.47 Å². The molecule has 1 heterocycles. The normalized spacial score (nSPS) is 19.7. The summed E-state index contributed by atoms with van der Waals surface area (Å²) in [4.78, 5) is 10.9. The van der Waals surface area contributed by atoms with E-state index in [9.17, 15) is 23.1 Å². The molecule has 0 saturated carbocycles. The van der Waals surface area contributed by atoms with Crippen LogP contribution in [0.15, 0.2) is 11.8 Å². The molecule has 0 aromatic rings. The highest BCUT2D eigenvalue weighted by Crippen LogP contribution is 2.41. The predicted molar refractivity (Wildman–Crippen MR) is 46.3 cm³/mol. The van der Waals surface area contributed by atoms with Crippen LogP contribution in [0.2, 0.25) is 0 Å². The van der Waals surface area contributed by atoms with E-state index in [0.717, 1.165) is 13.4 Å². The minimum atomic E-state index is -4.94. The number of esters is 1. The second-order valence-corrected chi connectivity index (χ2v) is 3.37. The third-order valence-electron chi connectivity index (χ3n) is 2.34. The van der Waals surface area contributed by atoms with Gasteiger partial charge in [0.05, 0.1) is 26.4 Å². The number of carbonyl (C=O) groups is 1. The zero-order valence-corrected chi connectivity index (χ0v) is 8.50. The van der Waals surface area contributed by atoms with Crippen LogP contribution < -0.4 is 0 Å². The summed E-state index contributed by atoms with van der Waals surface area (Å²) in [7, 11) is 0.957. The summed E-state index contributed by atoms with van der Waals surface area (Å²) in [6.45, 7) is 0.0644. The minimum Gasteiger partial charge on any atom is -0.501 e. The summed E-state index contributed by atoms with van der Waals surface area (Å²) < 4.78 is 46.9. The molecular weight excluding hydrogens is 229 g/mol. The molecule has 0 bridgehead atoms. The van der Waals surface area contributed by atoms with Gasteiger partial charge in [0.1, 0.15) is 0 Å². The molecule has 0 aromatic carbocycles. The van der Waals surface area contributed by atoms with Crippen LogP contribution in [0.4, 0.5) is 13.2 Å². The maximum atomic E-state index is 12.7. The van der Waals surface area contributed by atoms with Crippen molar-refractivity contribution in [3.8, 4) is 0 Å². The highest BCUT2D eigenvalue weighted by Gasteiger charge is 2.58. The fourth-order valence-corrected chi connectivity index (χ4v) is 1.37. The molecule has 0 aromatic heterocycles. The van der Waals surface area contributed by atoms with Gasteiger partial charge in [-0.2, -0.15) is 13.2 Å². The van der Waals surface area contributed by atoms with E-state index in [1.807, 2.05) is 0 Å². The average molecular weight is 240 g/mol. The molecule has 0 radical (unpaired) electrons. The molecule has 1 aliphatic rings. The van der Waals surface area contributed by atoms with Gasteiger partial charge >= 0.3 is 12.1 Å². The van der Waals surface area contributed by atoms with E-state index in [1.54, 1.807) is 0 Å². The van der Waals surface area contributed by atoms with E-state index in [-0.39, 0.29) is 18.6 Å². The smallest absolute Gasteiger partial charge is 0.421 e. The van der Waals surface area contributed by atoms with E-state index in [0.29, 0.717) is 0 Å². The fraction of sp³-hybridized carbons (Fsp3) is 0.667. The molecule has 1 atom stereocenters. The summed E-state index contributed by atoms with van der Waals surface area (Å²) in [6, 6.07) is 0. The first-order valence-electron chi connectivity index (χ1n) is 4.48. The highest BCUT2D eigenvalue weighted by molar-refractivity contribution is 5.71. The third kappa shape index (κ3) is 2.29. The van der Waals surface area contributed by atoms with Gasteiger partial charge < -0.3 is 14.6 Å². The second-order valence-electron chi connectivity index (χ2n) is 3.37. The Morgan fingerprint density at radius 2 is 2.25 bits per heavy atom. The second kappa shape index (κ2) is 4.32. The van der Waals surface area contributed by atoms with Gasteiger partial charge in [-0.3, -0.25) is 4.79 Å². The van der Waals surface area contributed by atoms with Crippen molar-refractivity contribution >= 4 is 5.97 Å². The van der Waals surface area contributed by atoms with Crippen molar-refractivity contribution in [3.63, 3.8) is 0 Å². The maximum Gasteiger partial charge on any atom is 0.421 e. The Bertz CT molecular complexity index is 310. The standard InChI is InChI=1S/C9H11F3O4/c1-15-7(13)4-8(14,9(10,11)12)6-2-3-16-5-6/h5,14H,2-4H2,1H3. The number of halogens is 3. The van der Waals surface area contributed by atoms with Crippen molar-refractivity contribution < 1.29 is 32.5 Å². The number of hydrogen-bond donors (Lipinski definition) is 1. The zero-order chi connectivity index (χ0) is 12.4. The first kappa shape index (κ1) is 12.8. The van der Waals surface area contributed by atoms with Crippen molar-refractivity contribution in [1.82, 2.24) is 0 Å². The number of methoxy groups -OCH3 is 1. The zero-order valence-electron chi connectivity index (χ0n) is 8.50. The minimum absolute atomic E-state index is 0.0625. The molecule has 1 unspecified atom stereocenters.